The van der Waals surface area contributed by atoms with Gasteiger partial charge in [0.1, 0.15) is 11.5 Å². The highest BCUT2D eigenvalue weighted by Gasteiger charge is 2.20. The molecular formula is C29H44N2O6. The van der Waals surface area contributed by atoms with Gasteiger partial charge in [-0.25, -0.2) is 0 Å². The molecule has 0 N–H and O–H groups in total. The van der Waals surface area contributed by atoms with Crippen LogP contribution in [0, 0.1) is 0 Å². The number of carbonyl (C=O) groups is 2. The standard InChI is InChI=1S/C25H32N2O6.2C2H6/c1-30-22-8-4-7-21(24(17-22)31-2)18-27(19-28)25(29)20-6-3-9-23(16-20)33-13-5-10-26-11-14-32-15-12-26;2*1-2/h3-4,6-9,16-17,19,22H,5,10-15,18H2,1-2H3;2*1-2H3. The van der Waals surface area contributed by atoms with Crippen LogP contribution in [-0.4, -0.2) is 88.4 Å². The van der Waals surface area contributed by atoms with Crippen molar-refractivity contribution in [3.05, 3.63) is 65.5 Å². The Hall–Kier alpha value is -2.94. The summed E-state index contributed by atoms with van der Waals surface area (Å²) in [6.45, 7) is 13.0. The van der Waals surface area contributed by atoms with E-state index in [-0.39, 0.29) is 12.6 Å². The third-order valence-electron chi connectivity index (χ3n) is 5.52. The van der Waals surface area contributed by atoms with Gasteiger partial charge in [-0.05, 0) is 30.7 Å². The number of nitrogens with zero attached hydrogens (tertiary/aromatic N) is 2. The lowest BCUT2D eigenvalue weighted by atomic mass is 10.1. The average molecular weight is 517 g/mol. The molecule has 1 saturated heterocycles. The summed E-state index contributed by atoms with van der Waals surface area (Å²) >= 11 is 0. The van der Waals surface area contributed by atoms with Crippen LogP contribution in [0.5, 0.6) is 5.75 Å². The van der Waals surface area contributed by atoms with E-state index in [1.165, 1.54) is 0 Å². The Kier molecular flexibility index (Phi) is 16.7. The van der Waals surface area contributed by atoms with Gasteiger partial charge in [0.2, 0.25) is 6.41 Å². The summed E-state index contributed by atoms with van der Waals surface area (Å²) in [4.78, 5) is 28.3. The Morgan fingerprint density at radius 1 is 1.16 bits per heavy atom. The summed E-state index contributed by atoms with van der Waals surface area (Å²) in [6, 6.07) is 6.91. The molecule has 1 aliphatic carbocycles. The van der Waals surface area contributed by atoms with Gasteiger partial charge in [-0.3, -0.25) is 19.4 Å². The second kappa shape index (κ2) is 19.2. The molecule has 1 aromatic rings. The number of amides is 2. The quantitative estimate of drug-likeness (QED) is 0.317. The Morgan fingerprint density at radius 2 is 1.89 bits per heavy atom. The van der Waals surface area contributed by atoms with E-state index in [0.717, 1.165) is 44.2 Å². The first kappa shape index (κ1) is 32.1. The van der Waals surface area contributed by atoms with Gasteiger partial charge in [0.05, 0.1) is 39.6 Å². The van der Waals surface area contributed by atoms with E-state index in [2.05, 4.69) is 4.90 Å². The highest BCUT2D eigenvalue weighted by atomic mass is 16.5. The molecule has 2 aliphatic rings. The minimum Gasteiger partial charge on any atom is -0.497 e. The fraction of sp³-hybridized carbons (Fsp3) is 0.517. The highest BCUT2D eigenvalue weighted by molar-refractivity contribution is 6.00. The van der Waals surface area contributed by atoms with Crippen molar-refractivity contribution < 1.29 is 28.5 Å². The third-order valence-corrected chi connectivity index (χ3v) is 5.52. The number of benzene rings is 1. The summed E-state index contributed by atoms with van der Waals surface area (Å²) in [5.74, 6) is 0.756. The van der Waals surface area contributed by atoms with Crippen molar-refractivity contribution >= 4 is 12.3 Å². The molecule has 8 heteroatoms. The number of hydrogen-bond donors (Lipinski definition) is 0. The summed E-state index contributed by atoms with van der Waals surface area (Å²) in [5, 5.41) is 0. The summed E-state index contributed by atoms with van der Waals surface area (Å²) in [5.41, 5.74) is 1.08. The molecule has 0 bridgehead atoms. The Labute approximate surface area is 222 Å². The SMILES string of the molecule is CC.CC.COC1=CC(OC)C=CC=C1CN(C=O)C(=O)c1cccc(OCCCN2CCOCC2)c1. The van der Waals surface area contributed by atoms with Crippen LogP contribution in [0.3, 0.4) is 0 Å². The molecule has 1 unspecified atom stereocenters. The van der Waals surface area contributed by atoms with Gasteiger partial charge in [-0.15, -0.1) is 0 Å². The first-order valence-electron chi connectivity index (χ1n) is 13.1. The number of ether oxygens (including phenoxy) is 4. The average Bonchev–Trinajstić information content (AvgIpc) is 3.18. The number of methoxy groups -OCH3 is 2. The van der Waals surface area contributed by atoms with E-state index in [0.29, 0.717) is 35.7 Å². The molecule has 3 rings (SSSR count). The van der Waals surface area contributed by atoms with Crippen molar-refractivity contribution in [1.82, 2.24) is 9.80 Å². The zero-order valence-electron chi connectivity index (χ0n) is 23.3. The van der Waals surface area contributed by atoms with E-state index in [1.807, 2.05) is 52.0 Å². The molecule has 2 amide bonds. The van der Waals surface area contributed by atoms with Gasteiger partial charge >= 0.3 is 0 Å². The summed E-state index contributed by atoms with van der Waals surface area (Å²) < 4.78 is 22.0. The molecule has 0 spiro atoms. The first-order valence-corrected chi connectivity index (χ1v) is 13.1. The van der Waals surface area contributed by atoms with Crippen LogP contribution >= 0.6 is 0 Å². The molecule has 1 atom stereocenters. The van der Waals surface area contributed by atoms with Crippen LogP contribution < -0.4 is 4.74 Å². The Balaban J connectivity index is 0.00000163. The van der Waals surface area contributed by atoms with Crippen LogP contribution in [0.15, 0.2) is 59.9 Å². The smallest absolute Gasteiger partial charge is 0.260 e. The highest BCUT2D eigenvalue weighted by Crippen LogP contribution is 2.20. The predicted octanol–water partition coefficient (Wildman–Crippen LogP) is 4.48. The lowest BCUT2D eigenvalue weighted by Gasteiger charge is -2.26. The van der Waals surface area contributed by atoms with Crippen LogP contribution in [0.4, 0.5) is 0 Å². The number of morpholine rings is 1. The minimum atomic E-state index is -0.406. The normalized spacial score (nSPS) is 17.0. The number of carbonyl (C=O) groups excluding carboxylic acids is 2. The number of hydrogen-bond acceptors (Lipinski definition) is 7. The van der Waals surface area contributed by atoms with E-state index < -0.39 is 5.91 Å². The number of rotatable bonds is 11. The Bertz CT molecular complexity index is 890. The summed E-state index contributed by atoms with van der Waals surface area (Å²) in [6.07, 6.45) is 8.47. The number of allylic oxidation sites excluding steroid dienone is 2. The fourth-order valence-electron chi connectivity index (χ4n) is 3.68. The van der Waals surface area contributed by atoms with E-state index >= 15 is 0 Å². The molecule has 1 heterocycles. The molecule has 37 heavy (non-hydrogen) atoms. The molecular weight excluding hydrogens is 472 g/mol. The van der Waals surface area contributed by atoms with Gasteiger partial charge in [-0.1, -0.05) is 52.0 Å². The predicted molar refractivity (Wildman–Crippen MR) is 147 cm³/mol. The van der Waals surface area contributed by atoms with Gasteiger partial charge in [-0.2, -0.15) is 0 Å². The fourth-order valence-corrected chi connectivity index (χ4v) is 3.68. The molecule has 0 aromatic heterocycles. The zero-order chi connectivity index (χ0) is 27.5. The molecule has 0 saturated carbocycles. The van der Waals surface area contributed by atoms with Crippen molar-refractivity contribution in [3.63, 3.8) is 0 Å². The van der Waals surface area contributed by atoms with E-state index in [1.54, 1.807) is 38.5 Å². The van der Waals surface area contributed by atoms with E-state index in [9.17, 15) is 9.59 Å². The maximum atomic E-state index is 13.0. The third kappa shape index (κ3) is 10.9. The topological polar surface area (TPSA) is 77.5 Å². The maximum absolute atomic E-state index is 13.0. The lowest BCUT2D eigenvalue weighted by Crippen LogP contribution is -2.37. The zero-order valence-corrected chi connectivity index (χ0v) is 23.3. The molecule has 1 aliphatic heterocycles. The van der Waals surface area contributed by atoms with Crippen LogP contribution in [-0.2, 0) is 19.0 Å². The first-order chi connectivity index (χ1) is 18.1. The van der Waals surface area contributed by atoms with Gasteiger partial charge in [0, 0.05) is 37.9 Å². The number of imide groups is 1. The lowest BCUT2D eigenvalue weighted by molar-refractivity contribution is -0.115. The molecule has 0 radical (unpaired) electrons. The molecule has 1 aromatic carbocycles. The van der Waals surface area contributed by atoms with Gasteiger partial charge in [0.25, 0.3) is 5.91 Å². The van der Waals surface area contributed by atoms with Crippen molar-refractivity contribution in [3.8, 4) is 5.75 Å². The van der Waals surface area contributed by atoms with Crippen molar-refractivity contribution in [2.45, 2.75) is 40.2 Å². The monoisotopic (exact) mass is 516 g/mol. The maximum Gasteiger partial charge on any atom is 0.260 e. The van der Waals surface area contributed by atoms with Gasteiger partial charge < -0.3 is 18.9 Å². The molecule has 206 valence electrons. The van der Waals surface area contributed by atoms with E-state index in [4.69, 9.17) is 18.9 Å². The minimum absolute atomic E-state index is 0.0768. The largest absolute Gasteiger partial charge is 0.497 e. The van der Waals surface area contributed by atoms with Gasteiger partial charge in [0.15, 0.2) is 0 Å². The van der Waals surface area contributed by atoms with Crippen molar-refractivity contribution in [2.75, 3.05) is 60.2 Å². The van der Waals surface area contributed by atoms with Crippen molar-refractivity contribution in [2.24, 2.45) is 0 Å². The molecule has 1 fully saturated rings. The second-order valence-electron chi connectivity index (χ2n) is 7.73. The second-order valence-corrected chi connectivity index (χ2v) is 7.73. The summed E-state index contributed by atoms with van der Waals surface area (Å²) in [7, 11) is 3.15. The van der Waals surface area contributed by atoms with Crippen LogP contribution in [0.1, 0.15) is 44.5 Å². The van der Waals surface area contributed by atoms with Crippen LogP contribution in [0.2, 0.25) is 0 Å². The van der Waals surface area contributed by atoms with Crippen LogP contribution in [0.25, 0.3) is 0 Å². The van der Waals surface area contributed by atoms with Crippen molar-refractivity contribution in [1.29, 1.82) is 0 Å². The Morgan fingerprint density at radius 3 is 2.54 bits per heavy atom. The molecule has 8 nitrogen and oxygen atoms in total.